The van der Waals surface area contributed by atoms with Gasteiger partial charge in [-0.3, -0.25) is 14.1 Å². The van der Waals surface area contributed by atoms with Crippen LogP contribution in [0.25, 0.3) is 11.0 Å². The van der Waals surface area contributed by atoms with Crippen LogP contribution < -0.4 is 19.7 Å². The summed E-state index contributed by atoms with van der Waals surface area (Å²) in [5.41, 5.74) is 1.84. The molecule has 0 spiro atoms. The lowest BCUT2D eigenvalue weighted by molar-refractivity contribution is -0.140. The topological polar surface area (TPSA) is 143 Å². The summed E-state index contributed by atoms with van der Waals surface area (Å²) < 4.78 is 34.0. The van der Waals surface area contributed by atoms with Crippen molar-refractivity contribution in [3.8, 4) is 5.75 Å². The molecule has 39 heavy (non-hydrogen) atoms. The van der Waals surface area contributed by atoms with Gasteiger partial charge in [0.05, 0.1) is 48.1 Å². The number of anilines is 4. The number of para-hydroxylation sites is 2. The van der Waals surface area contributed by atoms with Crippen LogP contribution in [0.2, 0.25) is 5.02 Å². The second-order valence-corrected chi connectivity index (χ2v) is 9.25. The monoisotopic (exact) mass is 569 g/mol. The Morgan fingerprint density at radius 3 is 2.46 bits per heavy atom. The molecule has 0 saturated heterocycles. The number of carbonyl (C=O) groups excluding carboxylic acids is 2. The van der Waals surface area contributed by atoms with E-state index in [0.29, 0.717) is 27.5 Å². The quantitative estimate of drug-likeness (QED) is 0.184. The molecule has 0 aliphatic heterocycles. The van der Waals surface area contributed by atoms with Crippen molar-refractivity contribution in [2.75, 3.05) is 30.4 Å². The lowest BCUT2D eigenvalue weighted by Crippen LogP contribution is -2.27. The van der Waals surface area contributed by atoms with E-state index in [1.54, 1.807) is 54.6 Å². The molecule has 0 saturated carbocycles. The number of fused-ring (bicyclic) bond motifs is 1. The number of esters is 1. The Kier molecular flexibility index (Phi) is 8.92. The van der Waals surface area contributed by atoms with Crippen molar-refractivity contribution < 1.29 is 27.8 Å². The average molecular weight is 570 g/mol. The van der Waals surface area contributed by atoms with Crippen molar-refractivity contribution in [2.45, 2.75) is 6.42 Å². The van der Waals surface area contributed by atoms with Gasteiger partial charge in [-0.05, 0) is 42.5 Å². The minimum atomic E-state index is -2.62. The fraction of sp³-hybridized carbons (Fsp3) is 0.154. The highest BCUT2D eigenvalue weighted by Gasteiger charge is 2.24. The summed E-state index contributed by atoms with van der Waals surface area (Å²) in [6.45, 7) is 0.0664. The van der Waals surface area contributed by atoms with Gasteiger partial charge in [0.1, 0.15) is 5.75 Å². The zero-order chi connectivity index (χ0) is 27.9. The molecule has 202 valence electrons. The van der Waals surface area contributed by atoms with E-state index in [1.165, 1.54) is 26.4 Å². The molecule has 0 fully saturated rings. The number of carbonyl (C=O) groups is 2. The predicted octanol–water partition coefficient (Wildman–Crippen LogP) is 4.60. The number of rotatable bonds is 10. The first-order valence-electron chi connectivity index (χ1n) is 11.5. The van der Waals surface area contributed by atoms with Gasteiger partial charge in [0.15, 0.2) is 11.6 Å². The molecule has 11 nitrogen and oxygen atoms in total. The Hall–Kier alpha value is -4.26. The molecule has 0 aliphatic carbocycles. The van der Waals surface area contributed by atoms with Crippen molar-refractivity contribution in [1.29, 1.82) is 0 Å². The van der Waals surface area contributed by atoms with Gasteiger partial charge in [0, 0.05) is 18.2 Å². The van der Waals surface area contributed by atoms with Crippen LogP contribution in [0.4, 0.5) is 23.0 Å². The highest BCUT2D eigenvalue weighted by molar-refractivity contribution is 7.81. The van der Waals surface area contributed by atoms with Gasteiger partial charge in [0.2, 0.25) is 0 Å². The van der Waals surface area contributed by atoms with Crippen molar-refractivity contribution in [1.82, 2.24) is 15.3 Å². The number of hydrogen-bond donors (Lipinski definition) is 3. The summed E-state index contributed by atoms with van der Waals surface area (Å²) in [4.78, 5) is 33.3. The van der Waals surface area contributed by atoms with Crippen LogP contribution in [0.1, 0.15) is 16.8 Å². The van der Waals surface area contributed by atoms with Crippen LogP contribution in [0.5, 0.6) is 5.75 Å². The van der Waals surface area contributed by atoms with Gasteiger partial charge in [-0.2, -0.15) is 0 Å². The molecule has 4 aromatic rings. The maximum atomic E-state index is 12.7. The highest BCUT2D eigenvalue weighted by Crippen LogP contribution is 2.36. The first-order valence-corrected chi connectivity index (χ1v) is 13.0. The van der Waals surface area contributed by atoms with Crippen LogP contribution in [0.15, 0.2) is 66.7 Å². The number of aromatic nitrogens is 2. The number of nitrogens with zero attached hydrogens (tertiary/aromatic N) is 3. The number of hydrogen-bond acceptors (Lipinski definition) is 8. The first kappa shape index (κ1) is 27.8. The fourth-order valence-electron chi connectivity index (χ4n) is 3.61. The summed E-state index contributed by atoms with van der Waals surface area (Å²) in [7, 11) is 2.78. The van der Waals surface area contributed by atoms with Crippen LogP contribution in [-0.4, -0.2) is 51.4 Å². The van der Waals surface area contributed by atoms with Crippen molar-refractivity contribution in [3.05, 3.63) is 77.3 Å². The second kappa shape index (κ2) is 12.5. The first-order chi connectivity index (χ1) is 18.8. The van der Waals surface area contributed by atoms with Crippen molar-refractivity contribution in [3.63, 3.8) is 0 Å². The van der Waals surface area contributed by atoms with Crippen LogP contribution in [0, 0.1) is 0 Å². The summed E-state index contributed by atoms with van der Waals surface area (Å²) in [6, 6.07) is 18.1. The van der Waals surface area contributed by atoms with E-state index in [2.05, 4.69) is 25.3 Å². The zero-order valence-corrected chi connectivity index (χ0v) is 22.5. The maximum absolute atomic E-state index is 12.7. The van der Waals surface area contributed by atoms with E-state index >= 15 is 0 Å². The molecule has 4 rings (SSSR count). The molecule has 3 aromatic carbocycles. The molecule has 1 unspecified atom stereocenters. The Labute approximate surface area is 231 Å². The third-order valence-corrected chi connectivity index (χ3v) is 6.54. The number of ether oxygens (including phenoxy) is 2. The number of benzene rings is 3. The van der Waals surface area contributed by atoms with Gasteiger partial charge in [-0.25, -0.2) is 18.5 Å². The second-order valence-electron chi connectivity index (χ2n) is 8.01. The summed E-state index contributed by atoms with van der Waals surface area (Å²) in [5, 5.41) is 6.08. The molecule has 13 heteroatoms. The smallest absolute Gasteiger partial charge is 0.307 e. The van der Waals surface area contributed by atoms with E-state index in [0.717, 1.165) is 4.31 Å². The number of halogens is 1. The minimum absolute atomic E-state index is 0.00323. The molecule has 3 N–H and O–H groups in total. The van der Waals surface area contributed by atoms with E-state index in [1.807, 2.05) is 0 Å². The van der Waals surface area contributed by atoms with Gasteiger partial charge < -0.3 is 20.1 Å². The van der Waals surface area contributed by atoms with Crippen LogP contribution >= 0.6 is 11.6 Å². The SMILES string of the molecule is COC(=O)CCNC(=O)c1cccc(N(c2nc3ccccc3nc2Nc2cc(OC)ccc2Cl)S(=O)O)c1. The summed E-state index contributed by atoms with van der Waals surface area (Å²) in [6.07, 6.45) is 0.00323. The third-order valence-electron chi connectivity index (χ3n) is 5.51. The summed E-state index contributed by atoms with van der Waals surface area (Å²) in [5.74, 6) is -0.256. The molecule has 0 aliphatic rings. The molecule has 1 amide bonds. The number of methoxy groups -OCH3 is 2. The lowest BCUT2D eigenvalue weighted by Gasteiger charge is -2.23. The zero-order valence-electron chi connectivity index (χ0n) is 20.9. The van der Waals surface area contributed by atoms with E-state index in [4.69, 9.17) is 16.3 Å². The maximum Gasteiger partial charge on any atom is 0.307 e. The highest BCUT2D eigenvalue weighted by atomic mass is 35.5. The van der Waals surface area contributed by atoms with Gasteiger partial charge >= 0.3 is 5.97 Å². The van der Waals surface area contributed by atoms with Gasteiger partial charge in [-0.1, -0.05) is 29.8 Å². The normalized spacial score (nSPS) is 11.5. The van der Waals surface area contributed by atoms with Crippen molar-refractivity contribution >= 4 is 68.8 Å². The van der Waals surface area contributed by atoms with E-state index in [-0.39, 0.29) is 35.9 Å². The predicted molar refractivity (Wildman–Crippen MR) is 149 cm³/mol. The van der Waals surface area contributed by atoms with Crippen LogP contribution in [0.3, 0.4) is 0 Å². The van der Waals surface area contributed by atoms with Crippen molar-refractivity contribution in [2.24, 2.45) is 0 Å². The molecule has 1 aromatic heterocycles. The average Bonchev–Trinajstić information content (AvgIpc) is 2.94. The Morgan fingerprint density at radius 1 is 1.03 bits per heavy atom. The third kappa shape index (κ3) is 6.60. The number of amides is 1. The lowest BCUT2D eigenvalue weighted by atomic mass is 10.2. The standard InChI is InChI=1S/C26H24ClN5O6S/c1-37-18-10-11-19(27)22(15-18)30-24-25(31-21-9-4-3-8-20(21)29-24)32(39(35)36)17-7-5-6-16(14-17)26(34)28-13-12-23(33)38-2/h3-11,14-15H,12-13H2,1-2H3,(H,28,34)(H,29,30)(H,35,36). The van der Waals surface area contributed by atoms with Gasteiger partial charge in [-0.15, -0.1) is 0 Å². The fourth-order valence-corrected chi connectivity index (χ4v) is 4.35. The van der Waals surface area contributed by atoms with E-state index in [9.17, 15) is 18.4 Å². The van der Waals surface area contributed by atoms with E-state index < -0.39 is 23.1 Å². The minimum Gasteiger partial charge on any atom is -0.497 e. The van der Waals surface area contributed by atoms with Gasteiger partial charge in [0.25, 0.3) is 17.2 Å². The molecular formula is C26H24ClN5O6S. The molecular weight excluding hydrogens is 546 g/mol. The Bertz CT molecular complexity index is 1550. The Balaban J connectivity index is 1.76. The molecule has 1 atom stereocenters. The van der Waals surface area contributed by atoms with Crippen LogP contribution in [-0.2, 0) is 20.8 Å². The molecule has 1 heterocycles. The number of nitrogens with one attached hydrogen (secondary N) is 2. The Morgan fingerprint density at radius 2 is 1.77 bits per heavy atom. The molecule has 0 bridgehead atoms. The summed E-state index contributed by atoms with van der Waals surface area (Å²) >= 11 is 3.77. The largest absolute Gasteiger partial charge is 0.497 e. The molecule has 0 radical (unpaired) electrons.